The maximum atomic E-state index is 15.0. The Labute approximate surface area is 221 Å². The van der Waals surface area contributed by atoms with Gasteiger partial charge >= 0.3 is 5.97 Å². The molecule has 6 heteroatoms. The maximum absolute atomic E-state index is 15.0. The lowest BCUT2D eigenvalue weighted by Gasteiger charge is -2.25. The standard InChI is InChI=1S/C32H32F2O4/c1-32(2)12-4-5-27(32)25-13-19(6-10-23(25)26-16-22(37-3)9-11-28(26)33)18-38-30-17-24-20(14-29(30)34)7-8-21(24)15-31(35)36/h5-6,9-11,13-14,16-17,21H,4,7-8,12,15,18H2,1-3H3,(H,35,36)/t21-/m1/s1. The van der Waals surface area contributed by atoms with Crippen molar-refractivity contribution in [2.45, 2.75) is 58.5 Å². The molecule has 38 heavy (non-hydrogen) atoms. The molecule has 0 radical (unpaired) electrons. The normalized spacial score (nSPS) is 17.7. The van der Waals surface area contributed by atoms with Crippen LogP contribution in [-0.2, 0) is 17.8 Å². The van der Waals surface area contributed by atoms with E-state index >= 15 is 4.39 Å². The number of carbonyl (C=O) groups is 1. The molecule has 1 atom stereocenters. The van der Waals surface area contributed by atoms with E-state index in [4.69, 9.17) is 9.47 Å². The molecule has 0 saturated carbocycles. The third-order valence-electron chi connectivity index (χ3n) is 7.90. The molecule has 1 N–H and O–H groups in total. The molecule has 4 nitrogen and oxygen atoms in total. The first kappa shape index (κ1) is 26.0. The molecule has 3 aromatic rings. The van der Waals surface area contributed by atoms with Gasteiger partial charge in [0.05, 0.1) is 13.5 Å². The van der Waals surface area contributed by atoms with Gasteiger partial charge in [0.15, 0.2) is 11.6 Å². The Morgan fingerprint density at radius 3 is 2.55 bits per heavy atom. The van der Waals surface area contributed by atoms with E-state index in [0.29, 0.717) is 24.2 Å². The van der Waals surface area contributed by atoms with Gasteiger partial charge in [-0.05, 0) is 107 Å². The summed E-state index contributed by atoms with van der Waals surface area (Å²) < 4.78 is 41.2. The summed E-state index contributed by atoms with van der Waals surface area (Å²) in [6, 6.07) is 13.6. The molecule has 3 aromatic carbocycles. The number of methoxy groups -OCH3 is 1. The molecule has 0 heterocycles. The number of hydrogen-bond donors (Lipinski definition) is 1. The van der Waals surface area contributed by atoms with Crippen molar-refractivity contribution in [1.29, 1.82) is 0 Å². The minimum atomic E-state index is -0.862. The topological polar surface area (TPSA) is 55.8 Å². The number of rotatable bonds is 8. The fourth-order valence-electron chi connectivity index (χ4n) is 5.83. The van der Waals surface area contributed by atoms with Gasteiger partial charge in [-0.1, -0.05) is 32.1 Å². The first-order chi connectivity index (χ1) is 18.2. The van der Waals surface area contributed by atoms with Crippen LogP contribution in [0.15, 0.2) is 54.6 Å². The lowest BCUT2D eigenvalue weighted by Crippen LogP contribution is -2.10. The average molecular weight is 519 g/mol. The van der Waals surface area contributed by atoms with Crippen molar-refractivity contribution in [3.8, 4) is 22.6 Å². The molecule has 0 amide bonds. The van der Waals surface area contributed by atoms with Crippen LogP contribution in [0.25, 0.3) is 16.7 Å². The highest BCUT2D eigenvalue weighted by Gasteiger charge is 2.31. The van der Waals surface area contributed by atoms with E-state index in [1.807, 2.05) is 18.2 Å². The summed E-state index contributed by atoms with van der Waals surface area (Å²) in [7, 11) is 1.56. The van der Waals surface area contributed by atoms with Crippen molar-refractivity contribution in [1.82, 2.24) is 0 Å². The summed E-state index contributed by atoms with van der Waals surface area (Å²) in [5.74, 6) is -1.08. The van der Waals surface area contributed by atoms with Crippen LogP contribution >= 0.6 is 0 Å². The molecule has 2 aliphatic carbocycles. The first-order valence-electron chi connectivity index (χ1n) is 13.0. The molecule has 0 spiro atoms. The summed E-state index contributed by atoms with van der Waals surface area (Å²) in [5.41, 5.74) is 5.77. The Kier molecular flexibility index (Phi) is 6.99. The van der Waals surface area contributed by atoms with Gasteiger partial charge in [-0.2, -0.15) is 0 Å². The second-order valence-corrected chi connectivity index (χ2v) is 10.9. The van der Waals surface area contributed by atoms with Gasteiger partial charge in [-0.3, -0.25) is 4.79 Å². The van der Waals surface area contributed by atoms with Crippen molar-refractivity contribution in [2.75, 3.05) is 7.11 Å². The maximum Gasteiger partial charge on any atom is 0.303 e. The summed E-state index contributed by atoms with van der Waals surface area (Å²) >= 11 is 0. The number of ether oxygens (including phenoxy) is 2. The van der Waals surface area contributed by atoms with E-state index in [2.05, 4.69) is 19.9 Å². The van der Waals surface area contributed by atoms with Gasteiger partial charge in [0.2, 0.25) is 0 Å². The van der Waals surface area contributed by atoms with E-state index in [-0.39, 0.29) is 35.9 Å². The van der Waals surface area contributed by atoms with Gasteiger partial charge in [-0.25, -0.2) is 8.78 Å². The molecular formula is C32H32F2O4. The number of halogens is 2. The molecule has 0 fully saturated rings. The van der Waals surface area contributed by atoms with Crippen LogP contribution in [-0.4, -0.2) is 18.2 Å². The molecule has 198 valence electrons. The Hall–Kier alpha value is -3.67. The fraction of sp³-hybridized carbons (Fsp3) is 0.344. The summed E-state index contributed by atoms with van der Waals surface area (Å²) in [5, 5.41) is 9.24. The Bertz CT molecular complexity index is 1420. The average Bonchev–Trinajstić information content (AvgIpc) is 3.43. The van der Waals surface area contributed by atoms with Gasteiger partial charge in [-0.15, -0.1) is 0 Å². The van der Waals surface area contributed by atoms with E-state index in [1.165, 1.54) is 12.1 Å². The largest absolute Gasteiger partial charge is 0.497 e. The molecule has 0 bridgehead atoms. The molecule has 2 aliphatic rings. The van der Waals surface area contributed by atoms with Gasteiger partial charge in [0.1, 0.15) is 18.2 Å². The first-order valence-corrected chi connectivity index (χ1v) is 13.0. The minimum Gasteiger partial charge on any atom is -0.497 e. The summed E-state index contributed by atoms with van der Waals surface area (Å²) in [6.45, 7) is 4.50. The second kappa shape index (κ2) is 10.2. The number of fused-ring (bicyclic) bond motifs is 1. The van der Waals surface area contributed by atoms with Crippen molar-refractivity contribution < 1.29 is 28.2 Å². The van der Waals surface area contributed by atoms with E-state index in [9.17, 15) is 14.3 Å². The fourth-order valence-corrected chi connectivity index (χ4v) is 5.83. The third-order valence-corrected chi connectivity index (χ3v) is 7.90. The van der Waals surface area contributed by atoms with E-state index in [0.717, 1.165) is 46.2 Å². The monoisotopic (exact) mass is 518 g/mol. The van der Waals surface area contributed by atoms with E-state index in [1.54, 1.807) is 25.3 Å². The van der Waals surface area contributed by atoms with Crippen LogP contribution in [0.3, 0.4) is 0 Å². The van der Waals surface area contributed by atoms with Crippen LogP contribution < -0.4 is 9.47 Å². The molecule has 0 aliphatic heterocycles. The van der Waals surface area contributed by atoms with Crippen molar-refractivity contribution >= 4 is 11.5 Å². The Morgan fingerprint density at radius 2 is 1.84 bits per heavy atom. The van der Waals surface area contributed by atoms with Gasteiger partial charge < -0.3 is 14.6 Å². The zero-order valence-electron chi connectivity index (χ0n) is 21.9. The Morgan fingerprint density at radius 1 is 1.03 bits per heavy atom. The zero-order valence-corrected chi connectivity index (χ0v) is 21.9. The number of carboxylic acids is 1. The van der Waals surface area contributed by atoms with Crippen LogP contribution in [0.4, 0.5) is 8.78 Å². The van der Waals surface area contributed by atoms with Crippen LogP contribution in [0.1, 0.15) is 67.7 Å². The summed E-state index contributed by atoms with van der Waals surface area (Å²) in [4.78, 5) is 11.3. The Balaban J connectivity index is 1.48. The number of carboxylic acid groups (broad SMARTS) is 1. The predicted octanol–water partition coefficient (Wildman–Crippen LogP) is 7.93. The van der Waals surface area contributed by atoms with Crippen molar-refractivity contribution in [3.05, 3.63) is 88.5 Å². The van der Waals surface area contributed by atoms with Crippen molar-refractivity contribution in [3.63, 3.8) is 0 Å². The number of allylic oxidation sites excluding steroid dienone is 2. The number of benzene rings is 3. The van der Waals surface area contributed by atoms with E-state index < -0.39 is 11.8 Å². The number of aryl methyl sites for hydroxylation is 1. The molecular weight excluding hydrogens is 486 g/mol. The number of hydrogen-bond acceptors (Lipinski definition) is 3. The summed E-state index contributed by atoms with van der Waals surface area (Å²) in [6.07, 6.45) is 5.54. The predicted molar refractivity (Wildman–Crippen MR) is 143 cm³/mol. The van der Waals surface area contributed by atoms with Crippen LogP contribution in [0, 0.1) is 17.0 Å². The molecule has 0 unspecified atom stereocenters. The van der Waals surface area contributed by atoms with Gasteiger partial charge in [0.25, 0.3) is 0 Å². The van der Waals surface area contributed by atoms with Crippen molar-refractivity contribution in [2.24, 2.45) is 5.41 Å². The molecule has 0 aromatic heterocycles. The quantitative estimate of drug-likeness (QED) is 0.329. The van der Waals surface area contributed by atoms with Crippen LogP contribution in [0.2, 0.25) is 0 Å². The molecule has 5 rings (SSSR count). The lowest BCUT2D eigenvalue weighted by atomic mass is 9.79. The highest BCUT2D eigenvalue weighted by atomic mass is 19.1. The minimum absolute atomic E-state index is 0.0224. The van der Waals surface area contributed by atoms with Gasteiger partial charge in [0, 0.05) is 5.56 Å². The highest BCUT2D eigenvalue weighted by molar-refractivity contribution is 5.85. The SMILES string of the molecule is COc1ccc(F)c(-c2ccc(COc3cc4c(cc3F)CC[C@@H]4CC(=O)O)cc2C2=CCCC2(C)C)c1. The smallest absolute Gasteiger partial charge is 0.303 e. The van der Waals surface area contributed by atoms with Crippen LogP contribution in [0.5, 0.6) is 11.5 Å². The zero-order chi connectivity index (χ0) is 27.0. The molecule has 0 saturated heterocycles. The highest BCUT2D eigenvalue weighted by Crippen LogP contribution is 2.47. The third kappa shape index (κ3) is 5.04. The lowest BCUT2D eigenvalue weighted by molar-refractivity contribution is -0.137. The number of aliphatic carboxylic acids is 1. The second-order valence-electron chi connectivity index (χ2n) is 10.9.